The maximum atomic E-state index is 12.8. The third-order valence-electron chi connectivity index (χ3n) is 4.49. The van der Waals surface area contributed by atoms with Gasteiger partial charge in [0.05, 0.1) is 18.2 Å². The van der Waals surface area contributed by atoms with E-state index in [2.05, 4.69) is 38.9 Å². The molecule has 118 valence electrons. The van der Waals surface area contributed by atoms with Gasteiger partial charge in [0, 0.05) is 21.5 Å². The number of halogens is 1. The van der Waals surface area contributed by atoms with Gasteiger partial charge in [0.15, 0.2) is 0 Å². The fourth-order valence-corrected chi connectivity index (χ4v) is 4.55. The quantitative estimate of drug-likeness (QED) is 0.535. The Balaban J connectivity index is 1.57. The summed E-state index contributed by atoms with van der Waals surface area (Å²) in [5, 5.41) is 2.10. The molecule has 0 spiro atoms. The van der Waals surface area contributed by atoms with Crippen LogP contribution in [0, 0.1) is 3.57 Å². The van der Waals surface area contributed by atoms with Crippen molar-refractivity contribution in [1.82, 2.24) is 4.90 Å². The number of benzene rings is 1. The Morgan fingerprint density at radius 3 is 2.70 bits per heavy atom. The molecule has 0 saturated carbocycles. The topological polar surface area (TPSA) is 40.6 Å². The molecule has 23 heavy (non-hydrogen) atoms. The van der Waals surface area contributed by atoms with Gasteiger partial charge in [-0.05, 0) is 70.3 Å². The summed E-state index contributed by atoms with van der Waals surface area (Å²) in [5.74, 6) is -0.188. The predicted molar refractivity (Wildman–Crippen MR) is 98.5 cm³/mol. The van der Waals surface area contributed by atoms with E-state index in [-0.39, 0.29) is 24.3 Å². The molecule has 0 N–H and O–H groups in total. The Bertz CT molecular complexity index is 771. The summed E-state index contributed by atoms with van der Waals surface area (Å²) in [6.07, 6.45) is 1.25. The summed E-state index contributed by atoms with van der Waals surface area (Å²) in [5.41, 5.74) is 1.98. The Morgan fingerprint density at radius 2 is 1.91 bits per heavy atom. The zero-order chi connectivity index (χ0) is 16.0. The van der Waals surface area contributed by atoms with Crippen LogP contribution in [0.15, 0.2) is 35.7 Å². The third-order valence-corrected chi connectivity index (χ3v) is 6.23. The monoisotopic (exact) mass is 438 g/mol. The molecule has 4 nitrogen and oxygen atoms in total. The number of hydrogen-bond donors (Lipinski definition) is 0. The van der Waals surface area contributed by atoms with E-state index in [9.17, 15) is 9.59 Å². The number of carbonyl (C=O) groups is 2. The van der Waals surface area contributed by atoms with Crippen LogP contribution in [-0.4, -0.2) is 29.3 Å². The van der Waals surface area contributed by atoms with Gasteiger partial charge in [-0.3, -0.25) is 14.5 Å². The van der Waals surface area contributed by atoms with Crippen molar-refractivity contribution in [3.05, 3.63) is 49.7 Å². The number of amides is 2. The average Bonchev–Trinajstić information content (AvgIpc) is 3.12. The molecule has 4 rings (SSSR count). The van der Waals surface area contributed by atoms with Crippen LogP contribution in [0.1, 0.15) is 16.9 Å². The lowest BCUT2D eigenvalue weighted by atomic mass is 10.1. The fourth-order valence-electron chi connectivity index (χ4n) is 3.30. The van der Waals surface area contributed by atoms with Crippen molar-refractivity contribution >= 4 is 51.4 Å². The SMILES string of the molecule is O=C1C[C@H](N2CCc3sccc3C2)C(=O)N1c1ccc(I)cc1. The molecule has 6 heteroatoms. The number of carbonyl (C=O) groups excluding carboxylic acids is 2. The Kier molecular flexibility index (Phi) is 3.98. The molecule has 1 fully saturated rings. The van der Waals surface area contributed by atoms with Crippen molar-refractivity contribution in [2.75, 3.05) is 11.4 Å². The molecular formula is C17H15IN2O2S. The summed E-state index contributed by atoms with van der Waals surface area (Å²) in [6.45, 7) is 1.61. The number of imide groups is 1. The lowest BCUT2D eigenvalue weighted by molar-refractivity contribution is -0.123. The molecule has 0 aliphatic carbocycles. The Labute approximate surface area is 152 Å². The zero-order valence-corrected chi connectivity index (χ0v) is 15.3. The first-order valence-electron chi connectivity index (χ1n) is 7.55. The molecule has 2 aliphatic heterocycles. The van der Waals surface area contributed by atoms with Gasteiger partial charge in [0.25, 0.3) is 5.91 Å². The molecule has 2 amide bonds. The van der Waals surface area contributed by atoms with Crippen LogP contribution in [0.3, 0.4) is 0 Å². The summed E-state index contributed by atoms with van der Waals surface area (Å²) < 4.78 is 1.09. The van der Waals surface area contributed by atoms with E-state index in [1.807, 2.05) is 24.3 Å². The van der Waals surface area contributed by atoms with E-state index in [1.165, 1.54) is 15.3 Å². The molecule has 0 radical (unpaired) electrons. The van der Waals surface area contributed by atoms with Crippen LogP contribution in [-0.2, 0) is 22.6 Å². The van der Waals surface area contributed by atoms with Gasteiger partial charge in [-0.25, -0.2) is 4.90 Å². The minimum Gasteiger partial charge on any atom is -0.287 e. The highest BCUT2D eigenvalue weighted by Gasteiger charge is 2.43. The molecule has 2 aliphatic rings. The highest BCUT2D eigenvalue weighted by Crippen LogP contribution is 2.31. The first-order valence-corrected chi connectivity index (χ1v) is 9.51. The van der Waals surface area contributed by atoms with Gasteiger partial charge in [0.2, 0.25) is 5.91 Å². The van der Waals surface area contributed by atoms with Crippen LogP contribution in [0.4, 0.5) is 5.69 Å². The first kappa shape index (κ1) is 15.3. The van der Waals surface area contributed by atoms with E-state index in [0.717, 1.165) is 23.1 Å². The number of hydrogen-bond acceptors (Lipinski definition) is 4. The standard InChI is InChI=1S/C17H15IN2O2S/c18-12-1-3-13(4-2-12)20-16(21)9-14(17(20)22)19-7-5-15-11(10-19)6-8-23-15/h1-4,6,8,14H,5,7,9-10H2/t14-/m0/s1. The van der Waals surface area contributed by atoms with Crippen LogP contribution < -0.4 is 4.90 Å². The highest BCUT2D eigenvalue weighted by molar-refractivity contribution is 14.1. The first-order chi connectivity index (χ1) is 11.1. The number of nitrogens with zero attached hydrogens (tertiary/aromatic N) is 2. The highest BCUT2D eigenvalue weighted by atomic mass is 127. The minimum atomic E-state index is -0.324. The van der Waals surface area contributed by atoms with Crippen LogP contribution >= 0.6 is 33.9 Å². The maximum absolute atomic E-state index is 12.8. The number of anilines is 1. The largest absolute Gasteiger partial charge is 0.287 e. The van der Waals surface area contributed by atoms with Gasteiger partial charge in [-0.15, -0.1) is 11.3 Å². The van der Waals surface area contributed by atoms with E-state index < -0.39 is 0 Å². The fraction of sp³-hybridized carbons (Fsp3) is 0.294. The second-order valence-corrected chi connectivity index (χ2v) is 8.10. The van der Waals surface area contributed by atoms with E-state index in [1.54, 1.807) is 11.3 Å². The van der Waals surface area contributed by atoms with Gasteiger partial charge in [-0.1, -0.05) is 0 Å². The molecule has 0 unspecified atom stereocenters. The number of fused-ring (bicyclic) bond motifs is 1. The maximum Gasteiger partial charge on any atom is 0.251 e. The zero-order valence-electron chi connectivity index (χ0n) is 12.4. The van der Waals surface area contributed by atoms with Crippen molar-refractivity contribution in [2.45, 2.75) is 25.4 Å². The lowest BCUT2D eigenvalue weighted by Crippen LogP contribution is -2.44. The second kappa shape index (κ2) is 5.99. The Morgan fingerprint density at radius 1 is 1.13 bits per heavy atom. The smallest absolute Gasteiger partial charge is 0.251 e. The second-order valence-electron chi connectivity index (χ2n) is 5.85. The summed E-state index contributed by atoms with van der Waals surface area (Å²) >= 11 is 3.99. The molecule has 1 aromatic heterocycles. The van der Waals surface area contributed by atoms with Crippen molar-refractivity contribution < 1.29 is 9.59 Å². The molecule has 1 aromatic carbocycles. The van der Waals surface area contributed by atoms with Gasteiger partial charge in [-0.2, -0.15) is 0 Å². The van der Waals surface area contributed by atoms with Gasteiger partial charge in [0.1, 0.15) is 0 Å². The summed E-state index contributed by atoms with van der Waals surface area (Å²) in [4.78, 5) is 30.1. The van der Waals surface area contributed by atoms with E-state index >= 15 is 0 Å². The summed E-state index contributed by atoms with van der Waals surface area (Å²) in [6, 6.07) is 9.32. The lowest BCUT2D eigenvalue weighted by Gasteiger charge is -2.30. The van der Waals surface area contributed by atoms with Gasteiger partial charge < -0.3 is 0 Å². The van der Waals surface area contributed by atoms with Crippen molar-refractivity contribution in [3.63, 3.8) is 0 Å². The minimum absolute atomic E-state index is 0.0881. The molecule has 3 heterocycles. The summed E-state index contributed by atoms with van der Waals surface area (Å²) in [7, 11) is 0. The normalized spacial score (nSPS) is 21.8. The van der Waals surface area contributed by atoms with Crippen molar-refractivity contribution in [3.8, 4) is 0 Å². The van der Waals surface area contributed by atoms with Crippen LogP contribution in [0.25, 0.3) is 0 Å². The number of rotatable bonds is 2. The Hall–Kier alpha value is -1.25. The molecule has 2 aromatic rings. The van der Waals surface area contributed by atoms with Crippen molar-refractivity contribution in [1.29, 1.82) is 0 Å². The van der Waals surface area contributed by atoms with E-state index in [4.69, 9.17) is 0 Å². The number of thiophene rings is 1. The molecule has 1 atom stereocenters. The molecule has 0 bridgehead atoms. The van der Waals surface area contributed by atoms with E-state index in [0.29, 0.717) is 5.69 Å². The van der Waals surface area contributed by atoms with Gasteiger partial charge >= 0.3 is 0 Å². The van der Waals surface area contributed by atoms with Crippen LogP contribution in [0.5, 0.6) is 0 Å². The third kappa shape index (κ3) is 2.72. The molecular weight excluding hydrogens is 423 g/mol. The average molecular weight is 438 g/mol. The predicted octanol–water partition coefficient (Wildman–Crippen LogP) is 3.04. The van der Waals surface area contributed by atoms with Crippen LogP contribution in [0.2, 0.25) is 0 Å². The van der Waals surface area contributed by atoms with Crippen molar-refractivity contribution in [2.24, 2.45) is 0 Å². The molecule has 1 saturated heterocycles.